The Morgan fingerprint density at radius 2 is 2.17 bits per heavy atom. The van der Waals surface area contributed by atoms with E-state index in [2.05, 4.69) is 44.0 Å². The summed E-state index contributed by atoms with van der Waals surface area (Å²) in [6.07, 6.45) is 3.71. The number of morpholine rings is 1. The van der Waals surface area contributed by atoms with Crippen LogP contribution in [-0.2, 0) is 16.6 Å². The SMILES string of the molecule is CC(C)=CC1C(C(=O)N2CCOC(c3nncn3C)C2)C1(C)C. The molecule has 1 amide bonds. The first-order valence-electron chi connectivity index (χ1n) is 8.21. The van der Waals surface area contributed by atoms with Gasteiger partial charge in [0.25, 0.3) is 0 Å². The van der Waals surface area contributed by atoms with Gasteiger partial charge in [0.2, 0.25) is 5.91 Å². The number of aryl methyl sites for hydroxylation is 1. The van der Waals surface area contributed by atoms with Crippen molar-refractivity contribution in [2.24, 2.45) is 24.3 Å². The molecule has 1 aliphatic heterocycles. The highest BCUT2D eigenvalue weighted by Crippen LogP contribution is 2.60. The van der Waals surface area contributed by atoms with E-state index in [-0.39, 0.29) is 23.3 Å². The summed E-state index contributed by atoms with van der Waals surface area (Å²) in [5.41, 5.74) is 1.32. The average molecular weight is 318 g/mol. The van der Waals surface area contributed by atoms with Crippen molar-refractivity contribution in [3.63, 3.8) is 0 Å². The van der Waals surface area contributed by atoms with Crippen molar-refractivity contribution >= 4 is 5.91 Å². The van der Waals surface area contributed by atoms with E-state index in [1.54, 1.807) is 6.33 Å². The first-order valence-corrected chi connectivity index (χ1v) is 8.21. The summed E-state index contributed by atoms with van der Waals surface area (Å²) in [5, 5.41) is 8.02. The molecule has 3 atom stereocenters. The third-order valence-electron chi connectivity index (χ3n) is 5.10. The van der Waals surface area contributed by atoms with Gasteiger partial charge in [0.05, 0.1) is 19.1 Å². The molecular weight excluding hydrogens is 292 g/mol. The molecule has 1 saturated heterocycles. The second-order valence-corrected chi connectivity index (χ2v) is 7.51. The topological polar surface area (TPSA) is 60.3 Å². The van der Waals surface area contributed by atoms with Crippen molar-refractivity contribution in [1.29, 1.82) is 0 Å². The Hall–Kier alpha value is -1.69. The van der Waals surface area contributed by atoms with Gasteiger partial charge in [-0.2, -0.15) is 0 Å². The number of rotatable bonds is 3. The van der Waals surface area contributed by atoms with Crippen molar-refractivity contribution in [1.82, 2.24) is 19.7 Å². The van der Waals surface area contributed by atoms with E-state index < -0.39 is 0 Å². The van der Waals surface area contributed by atoms with Gasteiger partial charge in [0.15, 0.2) is 5.82 Å². The molecule has 1 saturated carbocycles. The van der Waals surface area contributed by atoms with Crippen molar-refractivity contribution < 1.29 is 9.53 Å². The molecule has 2 fully saturated rings. The number of amides is 1. The zero-order valence-electron chi connectivity index (χ0n) is 14.6. The molecule has 0 radical (unpaired) electrons. The van der Waals surface area contributed by atoms with Crippen LogP contribution in [0.15, 0.2) is 18.0 Å². The predicted molar refractivity (Wildman–Crippen MR) is 86.5 cm³/mol. The number of ether oxygens (including phenoxy) is 1. The van der Waals surface area contributed by atoms with Gasteiger partial charge in [-0.25, -0.2) is 0 Å². The maximum atomic E-state index is 13.0. The molecule has 126 valence electrons. The molecule has 0 bridgehead atoms. The van der Waals surface area contributed by atoms with Crippen LogP contribution in [0.1, 0.15) is 39.6 Å². The molecule has 0 spiro atoms. The van der Waals surface area contributed by atoms with Crippen LogP contribution in [0.2, 0.25) is 0 Å². The number of carbonyl (C=O) groups excluding carboxylic acids is 1. The van der Waals surface area contributed by atoms with Gasteiger partial charge in [0.1, 0.15) is 12.4 Å². The Morgan fingerprint density at radius 1 is 1.43 bits per heavy atom. The second-order valence-electron chi connectivity index (χ2n) is 7.51. The number of hydrogen-bond acceptors (Lipinski definition) is 4. The minimum absolute atomic E-state index is 0.0485. The number of allylic oxidation sites excluding steroid dienone is 2. The monoisotopic (exact) mass is 318 g/mol. The molecule has 2 heterocycles. The number of carbonyl (C=O) groups is 1. The van der Waals surface area contributed by atoms with Gasteiger partial charge in [-0.15, -0.1) is 10.2 Å². The van der Waals surface area contributed by atoms with E-state index in [0.717, 1.165) is 5.82 Å². The molecule has 3 rings (SSSR count). The minimum atomic E-state index is -0.191. The van der Waals surface area contributed by atoms with E-state index >= 15 is 0 Å². The molecule has 2 aliphatic rings. The van der Waals surface area contributed by atoms with Crippen molar-refractivity contribution in [3.8, 4) is 0 Å². The Labute approximate surface area is 137 Å². The molecule has 1 aromatic heterocycles. The van der Waals surface area contributed by atoms with Crippen LogP contribution < -0.4 is 0 Å². The van der Waals surface area contributed by atoms with Gasteiger partial charge >= 0.3 is 0 Å². The van der Waals surface area contributed by atoms with Gasteiger partial charge in [0, 0.05) is 13.6 Å². The molecular formula is C17H26N4O2. The maximum Gasteiger partial charge on any atom is 0.227 e. The number of nitrogens with zero attached hydrogens (tertiary/aromatic N) is 4. The van der Waals surface area contributed by atoms with Gasteiger partial charge in [-0.05, 0) is 25.2 Å². The summed E-state index contributed by atoms with van der Waals surface area (Å²) in [5.74, 6) is 1.44. The lowest BCUT2D eigenvalue weighted by Crippen LogP contribution is -2.44. The summed E-state index contributed by atoms with van der Waals surface area (Å²) < 4.78 is 7.65. The third-order valence-corrected chi connectivity index (χ3v) is 5.10. The van der Waals surface area contributed by atoms with Crippen molar-refractivity contribution in [3.05, 3.63) is 23.8 Å². The van der Waals surface area contributed by atoms with Crippen LogP contribution >= 0.6 is 0 Å². The Kier molecular flexibility index (Phi) is 4.04. The molecule has 0 N–H and O–H groups in total. The van der Waals surface area contributed by atoms with Gasteiger partial charge in [-0.3, -0.25) is 4.79 Å². The summed E-state index contributed by atoms with van der Waals surface area (Å²) in [4.78, 5) is 14.9. The molecule has 6 heteroatoms. The lowest BCUT2D eigenvalue weighted by molar-refractivity contribution is -0.141. The van der Waals surface area contributed by atoms with Crippen LogP contribution in [0.5, 0.6) is 0 Å². The standard InChI is InChI=1S/C17H26N4O2/c1-11(2)8-12-14(17(12,3)4)16(22)21-6-7-23-13(9-21)15-19-18-10-20(15)5/h8,10,12-14H,6-7,9H2,1-5H3. The predicted octanol–water partition coefficient (Wildman–Crippen LogP) is 1.95. The van der Waals surface area contributed by atoms with Crippen molar-refractivity contribution in [2.75, 3.05) is 19.7 Å². The fourth-order valence-electron chi connectivity index (χ4n) is 3.61. The highest BCUT2D eigenvalue weighted by molar-refractivity contribution is 5.84. The fraction of sp³-hybridized carbons (Fsp3) is 0.706. The molecule has 1 aromatic rings. The first-order chi connectivity index (χ1) is 10.8. The van der Waals surface area contributed by atoms with Crippen LogP contribution in [0.4, 0.5) is 0 Å². The van der Waals surface area contributed by atoms with E-state index in [1.165, 1.54) is 5.57 Å². The average Bonchev–Trinajstić information content (AvgIpc) is 2.83. The molecule has 0 aromatic carbocycles. The fourth-order valence-corrected chi connectivity index (χ4v) is 3.61. The zero-order valence-corrected chi connectivity index (χ0v) is 14.6. The van der Waals surface area contributed by atoms with E-state index in [4.69, 9.17) is 4.74 Å². The summed E-state index contributed by atoms with van der Waals surface area (Å²) >= 11 is 0. The smallest absolute Gasteiger partial charge is 0.227 e. The largest absolute Gasteiger partial charge is 0.366 e. The summed E-state index contributed by atoms with van der Waals surface area (Å²) in [6.45, 7) is 10.3. The van der Waals surface area contributed by atoms with Gasteiger partial charge < -0.3 is 14.2 Å². The van der Waals surface area contributed by atoms with Crippen LogP contribution in [0, 0.1) is 17.3 Å². The van der Waals surface area contributed by atoms with E-state index in [0.29, 0.717) is 25.6 Å². The number of hydrogen-bond donors (Lipinski definition) is 0. The lowest BCUT2D eigenvalue weighted by atomic mass is 10.1. The molecule has 23 heavy (non-hydrogen) atoms. The number of aromatic nitrogens is 3. The summed E-state index contributed by atoms with van der Waals surface area (Å²) in [6, 6.07) is 0. The van der Waals surface area contributed by atoms with E-state index in [1.807, 2.05) is 16.5 Å². The third kappa shape index (κ3) is 2.92. The Bertz CT molecular complexity index is 630. The van der Waals surface area contributed by atoms with Crippen LogP contribution in [-0.4, -0.2) is 45.3 Å². The lowest BCUT2D eigenvalue weighted by Gasteiger charge is -2.32. The highest BCUT2D eigenvalue weighted by Gasteiger charge is 2.61. The Balaban J connectivity index is 1.71. The maximum absolute atomic E-state index is 13.0. The normalized spacial score (nSPS) is 29.3. The molecule has 1 aliphatic carbocycles. The molecule has 3 unspecified atom stereocenters. The van der Waals surface area contributed by atoms with Crippen LogP contribution in [0.25, 0.3) is 0 Å². The second kappa shape index (κ2) is 5.74. The van der Waals surface area contributed by atoms with Gasteiger partial charge in [-0.1, -0.05) is 25.5 Å². The first kappa shape index (κ1) is 16.2. The minimum Gasteiger partial charge on any atom is -0.366 e. The zero-order chi connectivity index (χ0) is 16.8. The summed E-state index contributed by atoms with van der Waals surface area (Å²) in [7, 11) is 1.90. The molecule has 6 nitrogen and oxygen atoms in total. The highest BCUT2D eigenvalue weighted by atomic mass is 16.5. The van der Waals surface area contributed by atoms with Crippen LogP contribution in [0.3, 0.4) is 0 Å². The van der Waals surface area contributed by atoms with Crippen molar-refractivity contribution in [2.45, 2.75) is 33.8 Å². The quantitative estimate of drug-likeness (QED) is 0.799. The Morgan fingerprint density at radius 3 is 2.78 bits per heavy atom. The van der Waals surface area contributed by atoms with E-state index in [9.17, 15) is 4.79 Å².